The van der Waals surface area contributed by atoms with E-state index in [-0.39, 0.29) is 36.3 Å². The van der Waals surface area contributed by atoms with E-state index in [0.717, 1.165) is 0 Å². The molecular formula is C18H24O5. The number of carbonyl (C=O) groups is 3. The van der Waals surface area contributed by atoms with E-state index in [1.54, 1.807) is 37.3 Å². The molecular weight excluding hydrogens is 296 g/mol. The summed E-state index contributed by atoms with van der Waals surface area (Å²) in [6.45, 7) is 3.62. The van der Waals surface area contributed by atoms with Gasteiger partial charge in [-0.2, -0.15) is 0 Å². The Morgan fingerprint density at radius 1 is 1.30 bits per heavy atom. The van der Waals surface area contributed by atoms with Crippen LogP contribution in [0.25, 0.3) is 0 Å². The Kier molecular flexibility index (Phi) is 8.19. The molecule has 0 unspecified atom stereocenters. The first-order chi connectivity index (χ1) is 11.0. The predicted octanol–water partition coefficient (Wildman–Crippen LogP) is 2.30. The van der Waals surface area contributed by atoms with E-state index in [9.17, 15) is 19.5 Å². The first kappa shape index (κ1) is 19.0. The Hall–Kier alpha value is -2.01. The van der Waals surface area contributed by atoms with Gasteiger partial charge in [0.15, 0.2) is 5.78 Å². The van der Waals surface area contributed by atoms with Crippen molar-refractivity contribution in [2.45, 2.75) is 45.6 Å². The van der Waals surface area contributed by atoms with Gasteiger partial charge in [0, 0.05) is 24.3 Å². The van der Waals surface area contributed by atoms with Crippen LogP contribution in [0.4, 0.5) is 0 Å². The zero-order chi connectivity index (χ0) is 17.2. The van der Waals surface area contributed by atoms with Crippen LogP contribution in [0.3, 0.4) is 0 Å². The van der Waals surface area contributed by atoms with Gasteiger partial charge in [-0.1, -0.05) is 30.4 Å². The van der Waals surface area contributed by atoms with Gasteiger partial charge < -0.3 is 14.6 Å². The molecule has 0 aromatic heterocycles. The van der Waals surface area contributed by atoms with Gasteiger partial charge in [0.2, 0.25) is 0 Å². The number of hydrogen-bond acceptors (Lipinski definition) is 5. The summed E-state index contributed by atoms with van der Waals surface area (Å²) in [6.07, 6.45) is 8.92. The first-order valence-electron chi connectivity index (χ1n) is 7.85. The summed E-state index contributed by atoms with van der Waals surface area (Å²) in [4.78, 5) is 34.1. The Labute approximate surface area is 136 Å². The van der Waals surface area contributed by atoms with Crippen LogP contribution in [0.15, 0.2) is 36.0 Å². The second kappa shape index (κ2) is 9.90. The van der Waals surface area contributed by atoms with E-state index in [2.05, 4.69) is 0 Å². The maximum atomic E-state index is 11.9. The number of carbonyl (C=O) groups excluding carboxylic acids is 3. The summed E-state index contributed by atoms with van der Waals surface area (Å²) in [5.74, 6) is -0.590. The lowest BCUT2D eigenvalue weighted by atomic mass is 9.94. The second-order valence-corrected chi connectivity index (χ2v) is 5.49. The van der Waals surface area contributed by atoms with Crippen molar-refractivity contribution < 1.29 is 24.2 Å². The molecule has 0 radical (unpaired) electrons. The molecule has 0 saturated heterocycles. The zero-order valence-corrected chi connectivity index (χ0v) is 13.7. The van der Waals surface area contributed by atoms with Crippen LogP contribution in [0.5, 0.6) is 0 Å². The lowest BCUT2D eigenvalue weighted by molar-refractivity contribution is -0.142. The SMILES string of the molecule is CCOC(=O)C/C=C/C=C/C=C1\C(=O)C[C@@H](O)[C@@H]1CCC(C)=O. The summed E-state index contributed by atoms with van der Waals surface area (Å²) in [5, 5.41) is 9.93. The second-order valence-electron chi connectivity index (χ2n) is 5.49. The quantitative estimate of drug-likeness (QED) is 0.422. The Bertz CT molecular complexity index is 528. The van der Waals surface area contributed by atoms with Gasteiger partial charge >= 0.3 is 5.97 Å². The van der Waals surface area contributed by atoms with Crippen LogP contribution < -0.4 is 0 Å². The highest BCUT2D eigenvalue weighted by Crippen LogP contribution is 2.32. The molecule has 23 heavy (non-hydrogen) atoms. The van der Waals surface area contributed by atoms with Crippen LogP contribution in [0, 0.1) is 5.92 Å². The summed E-state index contributed by atoms with van der Waals surface area (Å²) in [5.41, 5.74) is 0.564. The molecule has 126 valence electrons. The molecule has 0 amide bonds. The normalized spacial score (nSPS) is 23.3. The Morgan fingerprint density at radius 2 is 2.04 bits per heavy atom. The highest BCUT2D eigenvalue weighted by Gasteiger charge is 2.35. The minimum Gasteiger partial charge on any atom is -0.466 e. The predicted molar refractivity (Wildman–Crippen MR) is 86.6 cm³/mol. The number of ether oxygens (including phenoxy) is 1. The van der Waals surface area contributed by atoms with Gasteiger partial charge in [-0.3, -0.25) is 9.59 Å². The van der Waals surface area contributed by atoms with Crippen molar-refractivity contribution in [3.63, 3.8) is 0 Å². The molecule has 0 bridgehead atoms. The van der Waals surface area contributed by atoms with E-state index in [0.29, 0.717) is 25.0 Å². The molecule has 1 fully saturated rings. The third kappa shape index (κ3) is 6.74. The molecule has 0 aliphatic heterocycles. The van der Waals surface area contributed by atoms with E-state index < -0.39 is 6.10 Å². The highest BCUT2D eigenvalue weighted by molar-refractivity contribution is 5.99. The van der Waals surface area contributed by atoms with Crippen molar-refractivity contribution in [1.29, 1.82) is 0 Å². The van der Waals surface area contributed by atoms with Crippen LogP contribution in [0.2, 0.25) is 0 Å². The summed E-state index contributed by atoms with van der Waals surface area (Å²) >= 11 is 0. The molecule has 1 N–H and O–H groups in total. The lowest BCUT2D eigenvalue weighted by Crippen LogP contribution is -2.15. The molecule has 5 heteroatoms. The van der Waals surface area contributed by atoms with Crippen molar-refractivity contribution in [3.8, 4) is 0 Å². The van der Waals surface area contributed by atoms with Gasteiger partial charge in [-0.25, -0.2) is 0 Å². The number of rotatable bonds is 8. The van der Waals surface area contributed by atoms with E-state index in [4.69, 9.17) is 4.74 Å². The Morgan fingerprint density at radius 3 is 2.70 bits per heavy atom. The van der Waals surface area contributed by atoms with Crippen molar-refractivity contribution in [1.82, 2.24) is 0 Å². The minimum atomic E-state index is -0.708. The number of aliphatic hydroxyl groups excluding tert-OH is 1. The van der Waals surface area contributed by atoms with Gasteiger partial charge in [-0.05, 0) is 20.3 Å². The molecule has 5 nitrogen and oxygen atoms in total. The highest BCUT2D eigenvalue weighted by atomic mass is 16.5. The molecule has 0 aromatic carbocycles. The molecule has 0 heterocycles. The van der Waals surface area contributed by atoms with Gasteiger partial charge in [-0.15, -0.1) is 0 Å². The van der Waals surface area contributed by atoms with E-state index >= 15 is 0 Å². The number of Topliss-reactive ketones (excluding diaryl/α,β-unsaturated/α-hetero) is 2. The van der Waals surface area contributed by atoms with Gasteiger partial charge in [0.1, 0.15) is 5.78 Å². The number of hydrogen-bond donors (Lipinski definition) is 1. The number of esters is 1. The average molecular weight is 320 g/mol. The van der Waals surface area contributed by atoms with E-state index in [1.165, 1.54) is 6.92 Å². The molecule has 2 atom stereocenters. The fourth-order valence-electron chi connectivity index (χ4n) is 2.47. The van der Waals surface area contributed by atoms with Crippen LogP contribution in [-0.2, 0) is 19.1 Å². The molecule has 0 aromatic rings. The average Bonchev–Trinajstić information content (AvgIpc) is 2.74. The lowest BCUT2D eigenvalue weighted by Gasteiger charge is -2.13. The van der Waals surface area contributed by atoms with Gasteiger partial charge in [0.25, 0.3) is 0 Å². The van der Waals surface area contributed by atoms with Crippen LogP contribution in [0.1, 0.15) is 39.5 Å². The number of ketones is 2. The molecule has 0 spiro atoms. The summed E-state index contributed by atoms with van der Waals surface area (Å²) in [7, 11) is 0. The monoisotopic (exact) mass is 320 g/mol. The van der Waals surface area contributed by atoms with Crippen LogP contribution >= 0.6 is 0 Å². The largest absolute Gasteiger partial charge is 0.466 e. The van der Waals surface area contributed by atoms with Crippen molar-refractivity contribution >= 4 is 17.5 Å². The molecule has 1 saturated carbocycles. The molecule has 1 aliphatic rings. The molecule has 1 rings (SSSR count). The van der Waals surface area contributed by atoms with Crippen molar-refractivity contribution in [2.24, 2.45) is 5.92 Å². The minimum absolute atomic E-state index is 0.0494. The number of allylic oxidation sites excluding steroid dienone is 4. The van der Waals surface area contributed by atoms with Crippen LogP contribution in [-0.4, -0.2) is 35.4 Å². The maximum Gasteiger partial charge on any atom is 0.309 e. The van der Waals surface area contributed by atoms with Crippen molar-refractivity contribution in [3.05, 3.63) is 36.0 Å². The third-order valence-electron chi connectivity index (χ3n) is 3.61. The zero-order valence-electron chi connectivity index (χ0n) is 13.7. The first-order valence-corrected chi connectivity index (χ1v) is 7.85. The van der Waals surface area contributed by atoms with E-state index in [1.807, 2.05) is 0 Å². The topological polar surface area (TPSA) is 80.7 Å². The smallest absolute Gasteiger partial charge is 0.309 e. The summed E-state index contributed by atoms with van der Waals surface area (Å²) in [6, 6.07) is 0. The maximum absolute atomic E-state index is 11.9. The fraction of sp³-hybridized carbons (Fsp3) is 0.500. The summed E-state index contributed by atoms with van der Waals surface area (Å²) < 4.78 is 4.79. The Balaban J connectivity index is 2.59. The standard InChI is InChI=1S/C18H24O5/c1-3-23-18(22)9-7-5-4-6-8-14-15(11-10-13(2)19)17(21)12-16(14)20/h4-8,15,17,21H,3,9-12H2,1-2H3/b6-4+,7-5+,14-8-/t15-,17-/m1/s1. The van der Waals surface area contributed by atoms with Gasteiger partial charge in [0.05, 0.1) is 19.1 Å². The molecule has 1 aliphatic carbocycles. The fourth-order valence-corrected chi connectivity index (χ4v) is 2.47. The van der Waals surface area contributed by atoms with Crippen molar-refractivity contribution in [2.75, 3.05) is 6.61 Å². The number of aliphatic hydroxyl groups is 1. The third-order valence-corrected chi connectivity index (χ3v) is 3.61.